The third kappa shape index (κ3) is 10.4. The van der Waals surface area contributed by atoms with E-state index in [9.17, 15) is 66.8 Å². The van der Waals surface area contributed by atoms with Gasteiger partial charge in [-0.2, -0.15) is 26.3 Å². The van der Waals surface area contributed by atoms with Gasteiger partial charge in [0.1, 0.15) is 11.5 Å². The van der Waals surface area contributed by atoms with E-state index in [0.717, 1.165) is 72.8 Å². The van der Waals surface area contributed by atoms with Crippen molar-refractivity contribution >= 4 is 22.7 Å². The van der Waals surface area contributed by atoms with Gasteiger partial charge in [-0.3, -0.25) is 40.5 Å². The number of nitro benzene ring substituents is 4. The van der Waals surface area contributed by atoms with Crippen LogP contribution >= 0.6 is 0 Å². The van der Waals surface area contributed by atoms with Crippen molar-refractivity contribution in [2.75, 3.05) is 0 Å². The molecule has 4 aromatic rings. The van der Waals surface area contributed by atoms with Crippen LogP contribution < -0.4 is 9.47 Å². The summed E-state index contributed by atoms with van der Waals surface area (Å²) < 4.78 is 86.2. The van der Waals surface area contributed by atoms with Crippen LogP contribution in [-0.4, -0.2) is 19.7 Å². The van der Waals surface area contributed by atoms with Crippen LogP contribution in [0.3, 0.4) is 0 Å². The average molecular weight is 769 g/mol. The zero-order valence-electron chi connectivity index (χ0n) is 29.1. The average Bonchev–Trinajstić information content (AvgIpc) is 3.03. The van der Waals surface area contributed by atoms with E-state index in [1.165, 1.54) is 0 Å². The third-order valence-electron chi connectivity index (χ3n) is 7.42. The maximum Gasteiger partial charge on any atom is 0.416 e. The minimum absolute atomic E-state index is 0.197. The van der Waals surface area contributed by atoms with Crippen molar-refractivity contribution in [2.24, 2.45) is 0 Å². The van der Waals surface area contributed by atoms with Gasteiger partial charge in [0.15, 0.2) is 0 Å². The van der Waals surface area contributed by atoms with Crippen molar-refractivity contribution in [3.05, 3.63) is 136 Å². The molecule has 0 aromatic heterocycles. The Kier molecular flexibility index (Phi) is 11.9. The highest BCUT2D eigenvalue weighted by Gasteiger charge is 2.35. The molecule has 0 heterocycles. The Morgan fingerprint density at radius 1 is 0.426 bits per heavy atom. The Labute approximate surface area is 301 Å². The van der Waals surface area contributed by atoms with Gasteiger partial charge in [-0.05, 0) is 70.5 Å². The van der Waals surface area contributed by atoms with Crippen LogP contribution in [0, 0.1) is 40.5 Å². The zero-order chi connectivity index (χ0) is 41.1. The minimum Gasteiger partial charge on any atom is -0.444 e. The lowest BCUT2D eigenvalue weighted by molar-refractivity contribution is -0.396. The summed E-state index contributed by atoms with van der Waals surface area (Å²) in [5.41, 5.74) is -4.98. The van der Waals surface area contributed by atoms with Gasteiger partial charge >= 0.3 is 35.1 Å². The number of halogens is 6. The monoisotopic (exact) mass is 768 g/mol. The molecule has 0 spiro atoms. The standard InChI is InChI=1S/2C17H15F3N2O5/c2*1-16(2,3)11-8-13(21(23)24)15(14(9-11)22(25)26)27-12-6-4-10(5-7-12)17(18,19)20/h2*4-9H,1-3H3. The highest BCUT2D eigenvalue weighted by atomic mass is 19.4. The highest BCUT2D eigenvalue weighted by molar-refractivity contribution is 5.65. The van der Waals surface area contributed by atoms with Gasteiger partial charge in [0.05, 0.1) is 30.8 Å². The molecule has 4 aromatic carbocycles. The number of rotatable bonds is 8. The van der Waals surface area contributed by atoms with E-state index < -0.39 is 88.3 Å². The largest absolute Gasteiger partial charge is 0.444 e. The zero-order valence-corrected chi connectivity index (χ0v) is 29.1. The van der Waals surface area contributed by atoms with Crippen LogP contribution in [0.5, 0.6) is 23.0 Å². The molecule has 0 amide bonds. The SMILES string of the molecule is CC(C)(C)c1cc([N+](=O)[O-])c(Oc2ccc(C(F)(F)F)cc2)c([N+](=O)[O-])c1.CC(C)(C)c1cc([N+](=O)[O-])c(Oc2ccc(C(F)(F)F)cc2)c([N+](=O)[O-])c1. The van der Waals surface area contributed by atoms with Crippen LogP contribution in [0.4, 0.5) is 49.1 Å². The van der Waals surface area contributed by atoms with Crippen molar-refractivity contribution in [3.8, 4) is 23.0 Å². The molecule has 0 aliphatic carbocycles. The lowest BCUT2D eigenvalue weighted by atomic mass is 9.86. The molecule has 0 bridgehead atoms. The second-order valence-corrected chi connectivity index (χ2v) is 13.5. The van der Waals surface area contributed by atoms with Gasteiger partial charge in [0.25, 0.3) is 11.5 Å². The number of nitro groups is 4. The number of alkyl halides is 6. The summed E-state index contributed by atoms with van der Waals surface area (Å²) in [5, 5.41) is 45.6. The van der Waals surface area contributed by atoms with Gasteiger partial charge in [0.2, 0.25) is 0 Å². The molecule has 14 nitrogen and oxygen atoms in total. The number of ether oxygens (including phenoxy) is 2. The van der Waals surface area contributed by atoms with Gasteiger partial charge in [-0.15, -0.1) is 0 Å². The minimum atomic E-state index is -4.56. The summed E-state index contributed by atoms with van der Waals surface area (Å²) in [6.07, 6.45) is -9.13. The van der Waals surface area contributed by atoms with E-state index in [1.807, 2.05) is 0 Å². The normalized spacial score (nSPS) is 11.9. The summed E-state index contributed by atoms with van der Waals surface area (Å²) in [5.74, 6) is -1.68. The molecule has 288 valence electrons. The van der Waals surface area contributed by atoms with Crippen molar-refractivity contribution in [2.45, 2.75) is 64.7 Å². The Bertz CT molecular complexity index is 1850. The molecule has 20 heteroatoms. The molecule has 0 saturated heterocycles. The van der Waals surface area contributed by atoms with Crippen LogP contribution in [0.1, 0.15) is 63.8 Å². The van der Waals surface area contributed by atoms with E-state index in [2.05, 4.69) is 0 Å². The summed E-state index contributed by atoms with van der Waals surface area (Å²) in [4.78, 5) is 42.3. The maximum atomic E-state index is 12.6. The van der Waals surface area contributed by atoms with E-state index >= 15 is 0 Å². The van der Waals surface area contributed by atoms with Crippen molar-refractivity contribution < 1.29 is 55.5 Å². The second-order valence-electron chi connectivity index (χ2n) is 13.5. The van der Waals surface area contributed by atoms with E-state index in [0.29, 0.717) is 11.1 Å². The molecular formula is C34H30F6N4O10. The second kappa shape index (κ2) is 15.3. The van der Waals surface area contributed by atoms with Crippen LogP contribution in [0.2, 0.25) is 0 Å². The predicted molar refractivity (Wildman–Crippen MR) is 180 cm³/mol. The Balaban J connectivity index is 0.000000290. The fraction of sp³-hybridized carbons (Fsp3) is 0.294. The quantitative estimate of drug-likeness (QED) is 0.0946. The van der Waals surface area contributed by atoms with Crippen LogP contribution in [0.15, 0.2) is 72.8 Å². The summed E-state index contributed by atoms with van der Waals surface area (Å²) in [6, 6.07) is 11.3. The van der Waals surface area contributed by atoms with E-state index in [4.69, 9.17) is 9.47 Å². The molecular weight excluding hydrogens is 738 g/mol. The molecule has 0 radical (unpaired) electrons. The van der Waals surface area contributed by atoms with Gasteiger partial charge in [-0.1, -0.05) is 41.5 Å². The predicted octanol–water partition coefficient (Wildman–Crippen LogP) is 11.2. The van der Waals surface area contributed by atoms with Crippen molar-refractivity contribution in [1.82, 2.24) is 0 Å². The highest BCUT2D eigenvalue weighted by Crippen LogP contribution is 2.45. The molecule has 0 fully saturated rings. The number of benzene rings is 4. The van der Waals surface area contributed by atoms with E-state index in [1.54, 1.807) is 41.5 Å². The Morgan fingerprint density at radius 3 is 0.815 bits per heavy atom. The van der Waals surface area contributed by atoms with Crippen molar-refractivity contribution in [3.63, 3.8) is 0 Å². The first-order chi connectivity index (χ1) is 24.6. The van der Waals surface area contributed by atoms with E-state index in [-0.39, 0.29) is 11.5 Å². The lowest BCUT2D eigenvalue weighted by Gasteiger charge is -2.19. The third-order valence-corrected chi connectivity index (χ3v) is 7.42. The van der Waals surface area contributed by atoms with Crippen LogP contribution in [0.25, 0.3) is 0 Å². The maximum absolute atomic E-state index is 12.6. The lowest BCUT2D eigenvalue weighted by Crippen LogP contribution is -2.12. The first-order valence-corrected chi connectivity index (χ1v) is 15.3. The molecule has 0 saturated carbocycles. The van der Waals surface area contributed by atoms with Gasteiger partial charge in [0, 0.05) is 24.3 Å². The molecule has 0 unspecified atom stereocenters. The molecule has 0 aliphatic rings. The molecule has 0 aliphatic heterocycles. The molecule has 4 rings (SSSR count). The summed E-state index contributed by atoms with van der Waals surface area (Å²) >= 11 is 0. The fourth-order valence-electron chi connectivity index (χ4n) is 4.47. The molecule has 54 heavy (non-hydrogen) atoms. The number of hydrogen-bond acceptors (Lipinski definition) is 10. The number of nitrogens with zero attached hydrogens (tertiary/aromatic N) is 4. The van der Waals surface area contributed by atoms with Gasteiger partial charge in [-0.25, -0.2) is 0 Å². The van der Waals surface area contributed by atoms with Gasteiger partial charge < -0.3 is 9.47 Å². The number of hydrogen-bond donors (Lipinski definition) is 0. The Hall–Kier alpha value is -6.34. The fourth-order valence-corrected chi connectivity index (χ4v) is 4.47. The first-order valence-electron chi connectivity index (χ1n) is 15.3. The first kappa shape index (κ1) is 42.1. The molecule has 0 N–H and O–H groups in total. The molecule has 0 atom stereocenters. The Morgan fingerprint density at radius 2 is 0.648 bits per heavy atom. The van der Waals surface area contributed by atoms with Crippen molar-refractivity contribution in [1.29, 1.82) is 0 Å². The summed E-state index contributed by atoms with van der Waals surface area (Å²) in [6.45, 7) is 10.4. The smallest absolute Gasteiger partial charge is 0.416 e. The van der Waals surface area contributed by atoms with Crippen LogP contribution in [-0.2, 0) is 23.2 Å². The summed E-state index contributed by atoms with van der Waals surface area (Å²) in [7, 11) is 0. The topological polar surface area (TPSA) is 191 Å².